The van der Waals surface area contributed by atoms with E-state index in [4.69, 9.17) is 15.2 Å². The number of aliphatic hydroxyl groups is 1. The van der Waals surface area contributed by atoms with Crippen molar-refractivity contribution in [3.8, 4) is 11.5 Å². The number of methoxy groups -OCH3 is 1. The molecule has 1 aliphatic rings. The molecule has 0 bridgehead atoms. The average Bonchev–Trinajstić information content (AvgIpc) is 3.54. The fourth-order valence-electron chi connectivity index (χ4n) is 4.76. The number of aromatic nitrogens is 4. The van der Waals surface area contributed by atoms with E-state index in [-0.39, 0.29) is 29.8 Å². The zero-order valence-electron chi connectivity index (χ0n) is 21.8. The summed E-state index contributed by atoms with van der Waals surface area (Å²) in [5, 5.41) is 17.2. The molecule has 1 fully saturated rings. The van der Waals surface area contributed by atoms with E-state index < -0.39 is 17.5 Å². The zero-order valence-corrected chi connectivity index (χ0v) is 21.8. The maximum absolute atomic E-state index is 14.3. The van der Waals surface area contributed by atoms with Crippen molar-refractivity contribution in [1.82, 2.24) is 25.1 Å². The lowest BCUT2D eigenvalue weighted by Gasteiger charge is -2.23. The number of nitrogens with two attached hydrogens (primary N) is 1. The Morgan fingerprint density at radius 3 is 2.67 bits per heavy atom. The molecule has 0 aliphatic carbocycles. The number of anilines is 3. The maximum atomic E-state index is 14.3. The van der Waals surface area contributed by atoms with Crippen molar-refractivity contribution in [2.75, 3.05) is 38.3 Å². The molecular weight excluding hydrogens is 524 g/mol. The van der Waals surface area contributed by atoms with Crippen LogP contribution in [0.3, 0.4) is 0 Å². The molecule has 2 aromatic carbocycles. The number of primary amides is 1. The van der Waals surface area contributed by atoms with Gasteiger partial charge in [-0.3, -0.25) is 14.8 Å². The highest BCUT2D eigenvalue weighted by Gasteiger charge is 2.23. The van der Waals surface area contributed by atoms with Crippen LogP contribution in [0.4, 0.5) is 26.1 Å². The summed E-state index contributed by atoms with van der Waals surface area (Å²) in [7, 11) is 1.51. The third-order valence-electron chi connectivity index (χ3n) is 6.55. The van der Waals surface area contributed by atoms with Crippen molar-refractivity contribution >= 4 is 34.1 Å². The molecule has 1 saturated heterocycles. The SMILES string of the molecule is COc1cc2c(N(c3cc(F)cc(F)c3)c3cc(CC(N)=O)[nH]n3)ncnc2cc1OCCCN1CC[C@H](O)C1. The molecule has 4 aromatic rings. The van der Waals surface area contributed by atoms with Crippen LogP contribution in [0.5, 0.6) is 11.5 Å². The number of H-pyrrole nitrogens is 1. The highest BCUT2D eigenvalue weighted by atomic mass is 19.1. The lowest BCUT2D eigenvalue weighted by molar-refractivity contribution is -0.117. The molecule has 5 rings (SSSR count). The van der Waals surface area contributed by atoms with Gasteiger partial charge in [-0.2, -0.15) is 5.10 Å². The van der Waals surface area contributed by atoms with Gasteiger partial charge in [-0.15, -0.1) is 0 Å². The van der Waals surface area contributed by atoms with Crippen LogP contribution in [0, 0.1) is 11.6 Å². The number of carbonyl (C=O) groups excluding carboxylic acids is 1. The van der Waals surface area contributed by atoms with Crippen LogP contribution in [0.2, 0.25) is 0 Å². The Hall–Kier alpha value is -4.36. The molecule has 13 heteroatoms. The van der Waals surface area contributed by atoms with Crippen molar-refractivity contribution in [2.24, 2.45) is 5.73 Å². The number of carbonyl (C=O) groups is 1. The van der Waals surface area contributed by atoms with E-state index in [0.29, 0.717) is 41.2 Å². The molecule has 3 heterocycles. The highest BCUT2D eigenvalue weighted by Crippen LogP contribution is 2.40. The fourth-order valence-corrected chi connectivity index (χ4v) is 4.76. The van der Waals surface area contributed by atoms with E-state index in [1.165, 1.54) is 18.3 Å². The number of halogens is 2. The Morgan fingerprint density at radius 1 is 1.18 bits per heavy atom. The number of aromatic amines is 1. The van der Waals surface area contributed by atoms with E-state index in [2.05, 4.69) is 25.1 Å². The molecule has 1 aliphatic heterocycles. The molecular formula is C27H29F2N7O4. The van der Waals surface area contributed by atoms with E-state index in [1.807, 2.05) is 0 Å². The molecule has 0 spiro atoms. The minimum atomic E-state index is -0.789. The van der Waals surface area contributed by atoms with Gasteiger partial charge in [0.05, 0.1) is 37.4 Å². The molecule has 0 radical (unpaired) electrons. The number of fused-ring (bicyclic) bond motifs is 1. The number of aliphatic hydroxyl groups excluding tert-OH is 1. The second kappa shape index (κ2) is 11.8. The van der Waals surface area contributed by atoms with Crippen LogP contribution in [-0.2, 0) is 11.2 Å². The largest absolute Gasteiger partial charge is 0.493 e. The second-order valence-corrected chi connectivity index (χ2v) is 9.52. The maximum Gasteiger partial charge on any atom is 0.223 e. The topological polar surface area (TPSA) is 143 Å². The number of nitrogens with zero attached hydrogens (tertiary/aromatic N) is 5. The van der Waals surface area contributed by atoms with Crippen LogP contribution in [0.15, 0.2) is 42.7 Å². The Labute approximate surface area is 228 Å². The van der Waals surface area contributed by atoms with Gasteiger partial charge in [-0.1, -0.05) is 0 Å². The number of likely N-dealkylation sites (tertiary alicyclic amines) is 1. The number of benzene rings is 2. The standard InChI is InChI=1S/C27H29F2N7O4/c1-39-23-12-21-22(13-24(23)40-6-2-4-35-5-3-20(37)14-35)31-15-32-27(21)36(19-8-16(28)7-17(29)9-19)26-11-18(33-34-26)10-25(30)38/h7-9,11-13,15,20,37H,2-6,10,14H2,1H3,(H2,30,38)(H,33,34)/t20-/m0/s1. The van der Waals surface area contributed by atoms with Gasteiger partial charge in [0.25, 0.3) is 0 Å². The molecule has 11 nitrogen and oxygen atoms in total. The van der Waals surface area contributed by atoms with Crippen molar-refractivity contribution < 1.29 is 28.2 Å². The normalized spacial score (nSPS) is 15.4. The van der Waals surface area contributed by atoms with E-state index >= 15 is 0 Å². The quantitative estimate of drug-likeness (QED) is 0.239. The van der Waals surface area contributed by atoms with Gasteiger partial charge >= 0.3 is 0 Å². The van der Waals surface area contributed by atoms with Crippen LogP contribution < -0.4 is 20.1 Å². The van der Waals surface area contributed by atoms with E-state index in [0.717, 1.165) is 44.1 Å². The summed E-state index contributed by atoms with van der Waals surface area (Å²) < 4.78 is 40.2. The first kappa shape index (κ1) is 27.2. The summed E-state index contributed by atoms with van der Waals surface area (Å²) in [6.07, 6.45) is 2.50. The first-order valence-electron chi connectivity index (χ1n) is 12.8. The monoisotopic (exact) mass is 553 g/mol. The van der Waals surface area contributed by atoms with Crippen LogP contribution >= 0.6 is 0 Å². The minimum absolute atomic E-state index is 0.101. The third kappa shape index (κ3) is 6.10. The summed E-state index contributed by atoms with van der Waals surface area (Å²) in [4.78, 5) is 23.9. The van der Waals surface area contributed by atoms with Gasteiger partial charge in [0.2, 0.25) is 5.91 Å². The molecule has 1 atom stereocenters. The first-order chi connectivity index (χ1) is 19.3. The van der Waals surface area contributed by atoms with Gasteiger partial charge in [-0.25, -0.2) is 18.7 Å². The lowest BCUT2D eigenvalue weighted by atomic mass is 10.1. The molecule has 2 aromatic heterocycles. The van der Waals surface area contributed by atoms with Gasteiger partial charge in [0, 0.05) is 48.9 Å². The van der Waals surface area contributed by atoms with E-state index in [9.17, 15) is 18.7 Å². The number of β-amino-alcohol motifs (C(OH)–C–C–N with tert-alkyl or cyclic N) is 1. The molecule has 210 valence electrons. The number of ether oxygens (including phenoxy) is 2. The van der Waals surface area contributed by atoms with Gasteiger partial charge in [-0.05, 0) is 31.0 Å². The minimum Gasteiger partial charge on any atom is -0.493 e. The van der Waals surface area contributed by atoms with Crippen molar-refractivity contribution in [1.29, 1.82) is 0 Å². The summed E-state index contributed by atoms with van der Waals surface area (Å²) in [6, 6.07) is 8.01. The number of hydrogen-bond acceptors (Lipinski definition) is 9. The third-order valence-corrected chi connectivity index (χ3v) is 6.55. The Kier molecular flexibility index (Phi) is 8.03. The molecule has 0 saturated carbocycles. The molecule has 1 amide bonds. The second-order valence-electron chi connectivity index (χ2n) is 9.52. The smallest absolute Gasteiger partial charge is 0.223 e. The number of hydrogen-bond donors (Lipinski definition) is 3. The number of rotatable bonds is 11. The molecule has 4 N–H and O–H groups in total. The highest BCUT2D eigenvalue weighted by molar-refractivity contribution is 5.96. The van der Waals surface area contributed by atoms with Gasteiger partial charge < -0.3 is 25.2 Å². The lowest BCUT2D eigenvalue weighted by Crippen LogP contribution is -2.24. The van der Waals surface area contributed by atoms with Crippen LogP contribution in [-0.4, -0.2) is 75.5 Å². The van der Waals surface area contributed by atoms with Crippen molar-refractivity contribution in [3.05, 3.63) is 60.1 Å². The summed E-state index contributed by atoms with van der Waals surface area (Å²) in [5.74, 6) is -0.751. The Bertz CT molecular complexity index is 1500. The summed E-state index contributed by atoms with van der Waals surface area (Å²) in [6.45, 7) is 2.77. The van der Waals surface area contributed by atoms with Gasteiger partial charge in [0.15, 0.2) is 17.3 Å². The van der Waals surface area contributed by atoms with Crippen LogP contribution in [0.1, 0.15) is 18.5 Å². The number of nitrogens with one attached hydrogen (secondary N) is 1. The van der Waals surface area contributed by atoms with Crippen molar-refractivity contribution in [2.45, 2.75) is 25.4 Å². The summed E-state index contributed by atoms with van der Waals surface area (Å²) >= 11 is 0. The predicted octanol–water partition coefficient (Wildman–Crippen LogP) is 2.97. The first-order valence-corrected chi connectivity index (χ1v) is 12.8. The summed E-state index contributed by atoms with van der Waals surface area (Å²) in [5.41, 5.74) is 6.34. The average molecular weight is 554 g/mol. The van der Waals surface area contributed by atoms with E-state index in [1.54, 1.807) is 18.2 Å². The van der Waals surface area contributed by atoms with Crippen molar-refractivity contribution in [3.63, 3.8) is 0 Å². The fraction of sp³-hybridized carbons (Fsp3) is 0.333. The molecule has 40 heavy (non-hydrogen) atoms. The number of amides is 1. The Balaban J connectivity index is 1.49. The Morgan fingerprint density at radius 2 is 1.98 bits per heavy atom. The van der Waals surface area contributed by atoms with Crippen LogP contribution in [0.25, 0.3) is 10.9 Å². The zero-order chi connectivity index (χ0) is 28.2. The molecule has 0 unspecified atom stereocenters. The predicted molar refractivity (Wildman–Crippen MR) is 143 cm³/mol. The van der Waals surface area contributed by atoms with Gasteiger partial charge in [0.1, 0.15) is 23.8 Å².